The lowest BCUT2D eigenvalue weighted by Crippen LogP contribution is -2.57. The van der Waals surface area contributed by atoms with Crippen LogP contribution in [0.2, 0.25) is 5.02 Å². The van der Waals surface area contributed by atoms with Gasteiger partial charge in [-0.15, -0.1) is 11.6 Å². The van der Waals surface area contributed by atoms with Gasteiger partial charge in [0.2, 0.25) is 5.91 Å². The molecule has 1 N–H and O–H groups in total. The van der Waals surface area contributed by atoms with Crippen molar-refractivity contribution in [3.63, 3.8) is 0 Å². The molecule has 1 aromatic heterocycles. The Labute approximate surface area is 268 Å². The van der Waals surface area contributed by atoms with E-state index >= 15 is 0 Å². The summed E-state index contributed by atoms with van der Waals surface area (Å²) in [6.45, 7) is 5.59. The van der Waals surface area contributed by atoms with Gasteiger partial charge in [-0.25, -0.2) is 14.4 Å². The van der Waals surface area contributed by atoms with Crippen molar-refractivity contribution < 1.29 is 23.4 Å². The van der Waals surface area contributed by atoms with Gasteiger partial charge in [-0.05, 0) is 56.7 Å². The molecule has 44 heavy (non-hydrogen) atoms. The number of benzene rings is 2. The van der Waals surface area contributed by atoms with Crippen LogP contribution in [-0.4, -0.2) is 89.7 Å². The summed E-state index contributed by atoms with van der Waals surface area (Å²) in [6, 6.07) is 9.13. The van der Waals surface area contributed by atoms with Crippen molar-refractivity contribution in [2.24, 2.45) is 0 Å². The number of ether oxygens (including phenoxy) is 3. The van der Waals surface area contributed by atoms with Crippen LogP contribution >= 0.6 is 23.2 Å². The number of methoxy groups -OCH3 is 1. The Morgan fingerprint density at radius 1 is 1.05 bits per heavy atom. The molecule has 3 heterocycles. The molecule has 1 amide bonds. The van der Waals surface area contributed by atoms with Crippen LogP contribution < -0.4 is 14.8 Å². The predicted molar refractivity (Wildman–Crippen MR) is 171 cm³/mol. The molecular weight excluding hydrogens is 608 g/mol. The number of fused-ring (bicyclic) bond motifs is 1. The SMILES string of the molecule is CCCl.COc1cc2ncnc(Nc3cccc(Cl)c3F)c2cc1OC1CCC(N2CCN(C3CCOCC3)C(=O)C2)CC1. The molecule has 2 aliphatic heterocycles. The van der Waals surface area contributed by atoms with Gasteiger partial charge in [0, 0.05) is 55.7 Å². The van der Waals surface area contributed by atoms with E-state index in [0.717, 1.165) is 70.7 Å². The van der Waals surface area contributed by atoms with Gasteiger partial charge in [0.25, 0.3) is 0 Å². The van der Waals surface area contributed by atoms with Crippen molar-refractivity contribution in [3.8, 4) is 11.5 Å². The molecule has 2 aromatic carbocycles. The van der Waals surface area contributed by atoms with Gasteiger partial charge in [-0.3, -0.25) is 9.69 Å². The molecule has 9 nitrogen and oxygen atoms in total. The number of carbonyl (C=O) groups is 1. The Bertz CT molecular complexity index is 1420. The maximum atomic E-state index is 14.6. The topological polar surface area (TPSA) is 89.1 Å². The summed E-state index contributed by atoms with van der Waals surface area (Å²) in [4.78, 5) is 26.1. The van der Waals surface area contributed by atoms with Gasteiger partial charge < -0.3 is 24.4 Å². The highest BCUT2D eigenvalue weighted by Crippen LogP contribution is 2.38. The minimum Gasteiger partial charge on any atom is -0.493 e. The predicted octanol–water partition coefficient (Wildman–Crippen LogP) is 6.43. The molecule has 2 saturated heterocycles. The van der Waals surface area contributed by atoms with Crippen LogP contribution in [0.3, 0.4) is 0 Å². The summed E-state index contributed by atoms with van der Waals surface area (Å²) in [5, 5.41) is 3.75. The van der Waals surface area contributed by atoms with Crippen molar-refractivity contribution in [2.75, 3.05) is 51.2 Å². The second kappa shape index (κ2) is 15.4. The molecule has 3 aromatic rings. The number of rotatable bonds is 7. The molecule has 6 rings (SSSR count). The highest BCUT2D eigenvalue weighted by Gasteiger charge is 2.35. The molecular formula is C32H40Cl2FN5O4. The normalized spacial score (nSPS) is 21.5. The summed E-state index contributed by atoms with van der Waals surface area (Å²) in [5.74, 6) is 2.03. The van der Waals surface area contributed by atoms with Crippen LogP contribution in [0, 0.1) is 5.82 Å². The van der Waals surface area contributed by atoms with E-state index in [9.17, 15) is 9.18 Å². The minimum atomic E-state index is -0.547. The number of piperazine rings is 1. The standard InChI is InChI=1S/C30H35ClFN5O4.C2H5Cl/c1-39-26-16-25-22(30(34-18-33-25)35-24-4-2-3-23(31)29(24)32)15-27(26)41-21-7-5-19(6-8-21)36-11-12-37(28(38)17-36)20-9-13-40-14-10-20;1-2-3/h2-4,15-16,18-21H,5-14,17H2,1H3,(H,33,34,35);2H2,1H3. The molecule has 1 saturated carbocycles. The molecule has 0 bridgehead atoms. The van der Waals surface area contributed by atoms with E-state index in [1.54, 1.807) is 25.3 Å². The zero-order valence-corrected chi connectivity index (χ0v) is 26.7. The van der Waals surface area contributed by atoms with Crippen LogP contribution in [0.15, 0.2) is 36.7 Å². The number of halogens is 3. The summed E-state index contributed by atoms with van der Waals surface area (Å²) in [5.41, 5.74) is 0.864. The van der Waals surface area contributed by atoms with Gasteiger partial charge in [-0.2, -0.15) is 0 Å². The first-order valence-electron chi connectivity index (χ1n) is 15.3. The lowest BCUT2D eigenvalue weighted by molar-refractivity contribution is -0.142. The number of nitrogens with zero attached hydrogens (tertiary/aromatic N) is 4. The van der Waals surface area contributed by atoms with E-state index < -0.39 is 5.82 Å². The quantitative estimate of drug-likeness (QED) is 0.293. The first-order valence-corrected chi connectivity index (χ1v) is 16.2. The summed E-state index contributed by atoms with van der Waals surface area (Å²) in [6.07, 6.45) is 7.01. The maximum absolute atomic E-state index is 14.6. The molecule has 1 aliphatic carbocycles. The molecule has 12 heteroatoms. The maximum Gasteiger partial charge on any atom is 0.237 e. The van der Waals surface area contributed by atoms with Gasteiger partial charge in [0.1, 0.15) is 12.1 Å². The van der Waals surface area contributed by atoms with Crippen LogP contribution in [-0.2, 0) is 9.53 Å². The van der Waals surface area contributed by atoms with E-state index in [4.69, 9.17) is 37.4 Å². The van der Waals surface area contributed by atoms with Crippen LogP contribution in [0.1, 0.15) is 45.4 Å². The fourth-order valence-corrected chi connectivity index (χ4v) is 6.42. The molecule has 0 atom stereocenters. The van der Waals surface area contributed by atoms with Crippen molar-refractivity contribution in [1.82, 2.24) is 19.8 Å². The fourth-order valence-electron chi connectivity index (χ4n) is 6.25. The zero-order chi connectivity index (χ0) is 31.1. The average Bonchev–Trinajstić information content (AvgIpc) is 3.04. The Balaban J connectivity index is 0.00000123. The second-order valence-electron chi connectivity index (χ2n) is 11.2. The largest absolute Gasteiger partial charge is 0.493 e. The zero-order valence-electron chi connectivity index (χ0n) is 25.2. The lowest BCUT2D eigenvalue weighted by atomic mass is 9.91. The number of alkyl halides is 1. The first-order chi connectivity index (χ1) is 21.4. The number of anilines is 2. The Morgan fingerprint density at radius 2 is 1.80 bits per heavy atom. The van der Waals surface area contributed by atoms with Gasteiger partial charge in [0.15, 0.2) is 17.3 Å². The Hall–Kier alpha value is -2.92. The molecule has 0 radical (unpaired) electrons. The lowest BCUT2D eigenvalue weighted by Gasteiger charge is -2.44. The third-order valence-electron chi connectivity index (χ3n) is 8.50. The first kappa shape index (κ1) is 32.5. The molecule has 3 aliphatic rings. The number of hydrogen-bond acceptors (Lipinski definition) is 8. The Morgan fingerprint density at radius 3 is 2.50 bits per heavy atom. The second-order valence-corrected chi connectivity index (χ2v) is 12.1. The molecule has 238 valence electrons. The third kappa shape index (κ3) is 7.65. The highest BCUT2D eigenvalue weighted by atomic mass is 35.5. The summed E-state index contributed by atoms with van der Waals surface area (Å²) >= 11 is 11.0. The van der Waals surface area contributed by atoms with Gasteiger partial charge in [-0.1, -0.05) is 24.6 Å². The molecule has 3 fully saturated rings. The Kier molecular flexibility index (Phi) is 11.4. The van der Waals surface area contributed by atoms with Crippen molar-refractivity contribution in [3.05, 3.63) is 47.5 Å². The third-order valence-corrected chi connectivity index (χ3v) is 8.79. The number of aromatic nitrogens is 2. The van der Waals surface area contributed by atoms with E-state index in [1.165, 1.54) is 12.4 Å². The van der Waals surface area contributed by atoms with Crippen molar-refractivity contribution in [1.29, 1.82) is 0 Å². The molecule has 0 unspecified atom stereocenters. The van der Waals surface area contributed by atoms with Crippen LogP contribution in [0.4, 0.5) is 15.9 Å². The van der Waals surface area contributed by atoms with Crippen LogP contribution in [0.25, 0.3) is 10.9 Å². The summed E-state index contributed by atoms with van der Waals surface area (Å²) in [7, 11) is 1.60. The van der Waals surface area contributed by atoms with Crippen LogP contribution in [0.5, 0.6) is 11.5 Å². The number of hydrogen-bond donors (Lipinski definition) is 1. The van der Waals surface area contributed by atoms with E-state index in [2.05, 4.69) is 25.1 Å². The van der Waals surface area contributed by atoms with Crippen molar-refractivity contribution >= 4 is 51.5 Å². The van der Waals surface area contributed by atoms with Crippen molar-refractivity contribution in [2.45, 2.75) is 63.6 Å². The smallest absolute Gasteiger partial charge is 0.237 e. The number of nitrogens with one attached hydrogen (secondary N) is 1. The monoisotopic (exact) mass is 647 g/mol. The van der Waals surface area contributed by atoms with Gasteiger partial charge in [0.05, 0.1) is 36.0 Å². The fraction of sp³-hybridized carbons (Fsp3) is 0.531. The van der Waals surface area contributed by atoms with Gasteiger partial charge >= 0.3 is 0 Å². The minimum absolute atomic E-state index is 0.0169. The van der Waals surface area contributed by atoms with E-state index in [1.807, 2.05) is 13.0 Å². The average molecular weight is 649 g/mol. The van der Waals surface area contributed by atoms with E-state index in [0.29, 0.717) is 46.8 Å². The highest BCUT2D eigenvalue weighted by molar-refractivity contribution is 6.31. The van der Waals surface area contributed by atoms with E-state index in [-0.39, 0.29) is 22.7 Å². The number of carbonyl (C=O) groups excluding carboxylic acids is 1. The number of amides is 1. The summed E-state index contributed by atoms with van der Waals surface area (Å²) < 4.78 is 32.2. The molecule has 0 spiro atoms.